The van der Waals surface area contributed by atoms with Crippen molar-refractivity contribution in [2.45, 2.75) is 26.7 Å². The molecule has 0 aliphatic rings. The summed E-state index contributed by atoms with van der Waals surface area (Å²) in [6.45, 7) is 4.09. The van der Waals surface area contributed by atoms with Gasteiger partial charge in [0.2, 0.25) is 11.8 Å². The van der Waals surface area contributed by atoms with Gasteiger partial charge in [0, 0.05) is 36.3 Å². The van der Waals surface area contributed by atoms with E-state index in [4.69, 9.17) is 0 Å². The summed E-state index contributed by atoms with van der Waals surface area (Å²) in [6.07, 6.45) is 3.53. The molecule has 0 fully saturated rings. The molecule has 0 saturated carbocycles. The fourth-order valence-electron chi connectivity index (χ4n) is 3.31. The minimum absolute atomic E-state index is 0.0280. The Hall–Kier alpha value is -3.08. The molecule has 0 saturated heterocycles. The van der Waals surface area contributed by atoms with Crippen LogP contribution < -0.4 is 10.2 Å². The molecule has 0 bridgehead atoms. The average molecular weight is 363 g/mol. The van der Waals surface area contributed by atoms with Gasteiger partial charge in [0.25, 0.3) is 0 Å². The maximum absolute atomic E-state index is 12.4. The van der Waals surface area contributed by atoms with Crippen molar-refractivity contribution in [1.82, 2.24) is 10.3 Å². The van der Waals surface area contributed by atoms with Crippen molar-refractivity contribution in [3.8, 4) is 0 Å². The summed E-state index contributed by atoms with van der Waals surface area (Å²) in [7, 11) is 0. The Kier molecular flexibility index (Phi) is 5.91. The molecule has 5 nitrogen and oxygen atoms in total. The highest BCUT2D eigenvalue weighted by Gasteiger charge is 2.17. The quantitative estimate of drug-likeness (QED) is 0.675. The van der Waals surface area contributed by atoms with Gasteiger partial charge in [0.05, 0.1) is 0 Å². The molecule has 5 heteroatoms. The number of carbonyl (C=O) groups is 2. The first-order valence-electron chi connectivity index (χ1n) is 9.28. The van der Waals surface area contributed by atoms with Gasteiger partial charge in [-0.2, -0.15) is 0 Å². The number of nitrogens with one attached hydrogen (secondary N) is 2. The van der Waals surface area contributed by atoms with Gasteiger partial charge in [-0.3, -0.25) is 9.59 Å². The van der Waals surface area contributed by atoms with Gasteiger partial charge in [-0.1, -0.05) is 43.3 Å². The SMILES string of the molecule is CCc1ccccc1N(CC(=O)NCCc1c[nH]c2ccccc12)C(C)=O. The van der Waals surface area contributed by atoms with Gasteiger partial charge in [0.1, 0.15) is 6.54 Å². The summed E-state index contributed by atoms with van der Waals surface area (Å²) in [5.41, 5.74) is 4.13. The van der Waals surface area contributed by atoms with Crippen molar-refractivity contribution in [3.63, 3.8) is 0 Å². The number of hydrogen-bond donors (Lipinski definition) is 2. The number of nitrogens with zero attached hydrogens (tertiary/aromatic N) is 1. The van der Waals surface area contributed by atoms with Crippen LogP contribution in [0.25, 0.3) is 10.9 Å². The largest absolute Gasteiger partial charge is 0.361 e. The monoisotopic (exact) mass is 363 g/mol. The standard InChI is InChI=1S/C22H25N3O2/c1-3-17-8-4-7-11-21(17)25(16(2)26)15-22(27)23-13-12-18-14-24-20-10-6-5-9-19(18)20/h4-11,14,24H,3,12-13,15H2,1-2H3,(H,23,27). The van der Waals surface area contributed by atoms with Crippen molar-refractivity contribution in [1.29, 1.82) is 0 Å². The molecule has 0 radical (unpaired) electrons. The van der Waals surface area contributed by atoms with Crippen LogP contribution in [0.3, 0.4) is 0 Å². The molecule has 2 N–H and O–H groups in total. The zero-order valence-electron chi connectivity index (χ0n) is 15.8. The number of carbonyl (C=O) groups excluding carboxylic acids is 2. The number of aromatic nitrogens is 1. The lowest BCUT2D eigenvalue weighted by molar-refractivity contribution is -0.123. The van der Waals surface area contributed by atoms with Crippen molar-refractivity contribution < 1.29 is 9.59 Å². The first-order valence-corrected chi connectivity index (χ1v) is 9.28. The average Bonchev–Trinajstić information content (AvgIpc) is 3.09. The highest BCUT2D eigenvalue weighted by atomic mass is 16.2. The molecule has 2 aromatic carbocycles. The van der Waals surface area contributed by atoms with Crippen molar-refractivity contribution >= 4 is 28.4 Å². The lowest BCUT2D eigenvalue weighted by Gasteiger charge is -2.23. The van der Waals surface area contributed by atoms with Crippen molar-refractivity contribution in [2.75, 3.05) is 18.0 Å². The first-order chi connectivity index (χ1) is 13.1. The van der Waals surface area contributed by atoms with Crippen LogP contribution in [0.15, 0.2) is 54.7 Å². The van der Waals surface area contributed by atoms with Crippen LogP contribution in [0.5, 0.6) is 0 Å². The maximum atomic E-state index is 12.4. The molecular weight excluding hydrogens is 338 g/mol. The fraction of sp³-hybridized carbons (Fsp3) is 0.273. The number of anilines is 1. The van der Waals surface area contributed by atoms with Gasteiger partial charge in [-0.15, -0.1) is 0 Å². The van der Waals surface area contributed by atoms with E-state index in [1.165, 1.54) is 17.9 Å². The molecular formula is C22H25N3O2. The number of hydrogen-bond acceptors (Lipinski definition) is 2. The number of fused-ring (bicyclic) bond motifs is 1. The van der Waals surface area contributed by atoms with Crippen LogP contribution in [-0.4, -0.2) is 29.9 Å². The Balaban J connectivity index is 1.61. The third-order valence-electron chi connectivity index (χ3n) is 4.74. The topological polar surface area (TPSA) is 65.2 Å². The van der Waals surface area contributed by atoms with Crippen molar-refractivity contribution in [3.05, 3.63) is 65.9 Å². The molecule has 140 valence electrons. The van der Waals surface area contributed by atoms with E-state index in [0.717, 1.165) is 29.6 Å². The number of aromatic amines is 1. The Morgan fingerprint density at radius 2 is 1.78 bits per heavy atom. The minimum atomic E-state index is -0.157. The lowest BCUT2D eigenvalue weighted by atomic mass is 10.1. The van der Waals surface area contributed by atoms with Crippen LogP contribution in [0, 0.1) is 0 Å². The van der Waals surface area contributed by atoms with Crippen LogP contribution in [0.4, 0.5) is 5.69 Å². The van der Waals surface area contributed by atoms with Crippen LogP contribution in [-0.2, 0) is 22.4 Å². The number of aryl methyl sites for hydroxylation is 1. The van der Waals surface area contributed by atoms with Gasteiger partial charge in [-0.05, 0) is 36.1 Å². The third kappa shape index (κ3) is 4.37. The van der Waals surface area contributed by atoms with Gasteiger partial charge in [-0.25, -0.2) is 0 Å². The van der Waals surface area contributed by atoms with Gasteiger partial charge >= 0.3 is 0 Å². The molecule has 0 aliphatic heterocycles. The van der Waals surface area contributed by atoms with Gasteiger partial charge in [0.15, 0.2) is 0 Å². The summed E-state index contributed by atoms with van der Waals surface area (Å²) < 4.78 is 0. The van der Waals surface area contributed by atoms with E-state index in [0.29, 0.717) is 6.54 Å². The van der Waals surface area contributed by atoms with E-state index < -0.39 is 0 Å². The highest BCUT2D eigenvalue weighted by molar-refractivity contribution is 5.98. The molecule has 3 rings (SSSR count). The highest BCUT2D eigenvalue weighted by Crippen LogP contribution is 2.21. The van der Waals surface area contributed by atoms with E-state index in [1.54, 1.807) is 4.90 Å². The second kappa shape index (κ2) is 8.54. The molecule has 2 amide bonds. The number of benzene rings is 2. The molecule has 0 aliphatic carbocycles. The summed E-state index contributed by atoms with van der Waals surface area (Å²) in [6, 6.07) is 15.8. The van der Waals surface area contributed by atoms with E-state index >= 15 is 0 Å². The number of rotatable bonds is 7. The number of H-pyrrole nitrogens is 1. The van der Waals surface area contributed by atoms with E-state index in [9.17, 15) is 9.59 Å². The zero-order valence-corrected chi connectivity index (χ0v) is 15.8. The summed E-state index contributed by atoms with van der Waals surface area (Å²) >= 11 is 0. The molecule has 1 heterocycles. The molecule has 0 atom stereocenters. The van der Waals surface area contributed by atoms with E-state index in [1.807, 2.05) is 55.6 Å². The predicted octanol–water partition coefficient (Wildman–Crippen LogP) is 3.44. The Morgan fingerprint density at radius 3 is 2.56 bits per heavy atom. The molecule has 0 spiro atoms. The van der Waals surface area contributed by atoms with Crippen molar-refractivity contribution in [2.24, 2.45) is 0 Å². The normalized spacial score (nSPS) is 10.7. The Morgan fingerprint density at radius 1 is 1.04 bits per heavy atom. The van der Waals surface area contributed by atoms with Gasteiger partial charge < -0.3 is 15.2 Å². The number of para-hydroxylation sites is 2. The van der Waals surface area contributed by atoms with Crippen LogP contribution >= 0.6 is 0 Å². The van der Waals surface area contributed by atoms with Crippen LogP contribution in [0.2, 0.25) is 0 Å². The van der Waals surface area contributed by atoms with Crippen LogP contribution in [0.1, 0.15) is 25.0 Å². The molecule has 0 unspecified atom stereocenters. The Bertz CT molecular complexity index is 945. The minimum Gasteiger partial charge on any atom is -0.361 e. The molecule has 1 aromatic heterocycles. The Labute approximate surface area is 159 Å². The number of amides is 2. The predicted molar refractivity (Wildman–Crippen MR) is 109 cm³/mol. The first kappa shape index (κ1) is 18.7. The smallest absolute Gasteiger partial charge is 0.240 e. The fourth-order valence-corrected chi connectivity index (χ4v) is 3.31. The van der Waals surface area contributed by atoms with E-state index in [2.05, 4.69) is 16.4 Å². The lowest BCUT2D eigenvalue weighted by Crippen LogP contribution is -2.40. The second-order valence-electron chi connectivity index (χ2n) is 6.55. The molecule has 27 heavy (non-hydrogen) atoms. The third-order valence-corrected chi connectivity index (χ3v) is 4.74. The van der Waals surface area contributed by atoms with E-state index in [-0.39, 0.29) is 18.4 Å². The maximum Gasteiger partial charge on any atom is 0.240 e. The second-order valence-corrected chi connectivity index (χ2v) is 6.55. The summed E-state index contributed by atoms with van der Waals surface area (Å²) in [5, 5.41) is 4.11. The summed E-state index contributed by atoms with van der Waals surface area (Å²) in [4.78, 5) is 29.3. The summed E-state index contributed by atoms with van der Waals surface area (Å²) in [5.74, 6) is -0.293. The molecule has 3 aromatic rings. The zero-order chi connectivity index (χ0) is 19.2.